The largest absolute Gasteiger partial charge is 0.325 e. The lowest BCUT2D eigenvalue weighted by molar-refractivity contribution is -0.114. The van der Waals surface area contributed by atoms with Gasteiger partial charge in [0.25, 0.3) is 0 Å². The molecule has 1 aromatic heterocycles. The van der Waals surface area contributed by atoms with Crippen LogP contribution in [0.4, 0.5) is 10.8 Å². The smallest absolute Gasteiger partial charge is 0.250 e. The molecule has 3 aromatic rings. The summed E-state index contributed by atoms with van der Waals surface area (Å²) in [5, 5.41) is 13.9. The molecule has 2 amide bonds. The number of carbonyl (C=O) groups is 2. The van der Waals surface area contributed by atoms with Gasteiger partial charge in [-0.15, -0.1) is 10.2 Å². The predicted molar refractivity (Wildman–Crippen MR) is 119 cm³/mol. The van der Waals surface area contributed by atoms with E-state index in [0.29, 0.717) is 9.47 Å². The average molecular weight is 425 g/mol. The molecule has 0 fully saturated rings. The first-order chi connectivity index (χ1) is 14.0. The first-order valence-electron chi connectivity index (χ1n) is 8.87. The first kappa shape index (κ1) is 20.8. The Hall–Kier alpha value is -2.97. The molecule has 0 aliphatic heterocycles. The fourth-order valence-corrected chi connectivity index (χ4v) is 3.94. The van der Waals surface area contributed by atoms with Crippen LogP contribution < -0.4 is 10.6 Å². The summed E-state index contributed by atoms with van der Waals surface area (Å²) in [5.74, 6) is -0.186. The van der Waals surface area contributed by atoms with Crippen LogP contribution in [-0.2, 0) is 9.59 Å². The SMILES string of the molecule is Cc1ccc(C)c(NC(=O)CSc2nnc(NC(=O)C=Cc3ccccc3)s2)c1. The van der Waals surface area contributed by atoms with Gasteiger partial charge < -0.3 is 5.32 Å². The van der Waals surface area contributed by atoms with Crippen LogP contribution in [0.25, 0.3) is 6.08 Å². The molecule has 29 heavy (non-hydrogen) atoms. The van der Waals surface area contributed by atoms with Gasteiger partial charge in [-0.05, 0) is 42.7 Å². The number of hydrogen-bond acceptors (Lipinski definition) is 6. The van der Waals surface area contributed by atoms with Crippen LogP contribution in [0.2, 0.25) is 0 Å². The summed E-state index contributed by atoms with van der Waals surface area (Å²) in [5.41, 5.74) is 3.85. The second-order valence-corrected chi connectivity index (χ2v) is 8.46. The molecule has 0 aliphatic carbocycles. The number of rotatable bonds is 7. The van der Waals surface area contributed by atoms with Crippen molar-refractivity contribution in [2.45, 2.75) is 18.2 Å². The van der Waals surface area contributed by atoms with E-state index in [-0.39, 0.29) is 17.6 Å². The molecule has 0 spiro atoms. The summed E-state index contributed by atoms with van der Waals surface area (Å²) in [7, 11) is 0. The summed E-state index contributed by atoms with van der Waals surface area (Å²) in [6, 6.07) is 15.5. The average Bonchev–Trinajstić information content (AvgIpc) is 3.16. The number of anilines is 2. The van der Waals surface area contributed by atoms with Gasteiger partial charge in [0.2, 0.25) is 16.9 Å². The molecule has 0 radical (unpaired) electrons. The number of nitrogens with zero attached hydrogens (tertiary/aromatic N) is 2. The van der Waals surface area contributed by atoms with E-state index in [1.54, 1.807) is 6.08 Å². The number of amides is 2. The predicted octanol–water partition coefficient (Wildman–Crippen LogP) is 4.54. The van der Waals surface area contributed by atoms with E-state index >= 15 is 0 Å². The van der Waals surface area contributed by atoms with E-state index in [2.05, 4.69) is 20.8 Å². The third kappa shape index (κ3) is 6.55. The summed E-state index contributed by atoms with van der Waals surface area (Å²) in [4.78, 5) is 24.2. The van der Waals surface area contributed by atoms with E-state index in [1.807, 2.05) is 62.4 Å². The summed E-state index contributed by atoms with van der Waals surface area (Å²) in [6.07, 6.45) is 3.17. The van der Waals surface area contributed by atoms with Crippen LogP contribution in [-0.4, -0.2) is 27.8 Å². The number of hydrogen-bond donors (Lipinski definition) is 2. The van der Waals surface area contributed by atoms with Gasteiger partial charge in [-0.25, -0.2) is 0 Å². The topological polar surface area (TPSA) is 84.0 Å². The van der Waals surface area contributed by atoms with Gasteiger partial charge in [-0.1, -0.05) is 65.6 Å². The molecule has 3 rings (SSSR count). The maximum absolute atomic E-state index is 12.2. The Morgan fingerprint density at radius 1 is 1.07 bits per heavy atom. The molecule has 0 bridgehead atoms. The van der Waals surface area contributed by atoms with Crippen LogP contribution in [0.15, 0.2) is 58.9 Å². The van der Waals surface area contributed by atoms with Gasteiger partial charge in [-0.3, -0.25) is 14.9 Å². The number of nitrogens with one attached hydrogen (secondary N) is 2. The van der Waals surface area contributed by atoms with Gasteiger partial charge in [0, 0.05) is 11.8 Å². The van der Waals surface area contributed by atoms with E-state index in [1.165, 1.54) is 29.2 Å². The monoisotopic (exact) mass is 424 g/mol. The van der Waals surface area contributed by atoms with Gasteiger partial charge in [0.15, 0.2) is 4.34 Å². The number of carbonyl (C=O) groups excluding carboxylic acids is 2. The van der Waals surface area contributed by atoms with E-state index in [9.17, 15) is 9.59 Å². The van der Waals surface area contributed by atoms with Gasteiger partial charge in [-0.2, -0.15) is 0 Å². The maximum atomic E-state index is 12.2. The van der Waals surface area contributed by atoms with Crippen molar-refractivity contribution in [2.24, 2.45) is 0 Å². The van der Waals surface area contributed by atoms with Crippen LogP contribution in [0, 0.1) is 13.8 Å². The zero-order valence-electron chi connectivity index (χ0n) is 16.0. The van der Waals surface area contributed by atoms with Crippen molar-refractivity contribution < 1.29 is 9.59 Å². The number of aromatic nitrogens is 2. The third-order valence-electron chi connectivity index (χ3n) is 3.86. The second-order valence-electron chi connectivity index (χ2n) is 6.26. The molecule has 2 aromatic carbocycles. The highest BCUT2D eigenvalue weighted by Crippen LogP contribution is 2.26. The Bertz CT molecular complexity index is 1030. The van der Waals surface area contributed by atoms with Crippen LogP contribution in [0.3, 0.4) is 0 Å². The van der Waals surface area contributed by atoms with Crippen molar-refractivity contribution in [3.8, 4) is 0 Å². The lowest BCUT2D eigenvalue weighted by Crippen LogP contribution is -2.14. The highest BCUT2D eigenvalue weighted by molar-refractivity contribution is 8.01. The van der Waals surface area contributed by atoms with Crippen LogP contribution in [0.5, 0.6) is 0 Å². The fourth-order valence-electron chi connectivity index (χ4n) is 2.39. The molecule has 1 heterocycles. The Balaban J connectivity index is 1.48. The van der Waals surface area contributed by atoms with Gasteiger partial charge in [0.05, 0.1) is 5.75 Å². The summed E-state index contributed by atoms with van der Waals surface area (Å²) in [6.45, 7) is 3.93. The molecule has 8 heteroatoms. The van der Waals surface area contributed by atoms with E-state index in [0.717, 1.165) is 22.4 Å². The first-order valence-corrected chi connectivity index (χ1v) is 10.7. The van der Waals surface area contributed by atoms with E-state index < -0.39 is 0 Å². The van der Waals surface area contributed by atoms with Crippen molar-refractivity contribution in [1.82, 2.24) is 10.2 Å². The Morgan fingerprint density at radius 3 is 2.66 bits per heavy atom. The molecule has 0 aliphatic rings. The van der Waals surface area contributed by atoms with Crippen LogP contribution in [0.1, 0.15) is 16.7 Å². The van der Waals surface area contributed by atoms with Crippen molar-refractivity contribution in [3.63, 3.8) is 0 Å². The van der Waals surface area contributed by atoms with Gasteiger partial charge >= 0.3 is 0 Å². The molecular weight excluding hydrogens is 404 g/mol. The number of benzene rings is 2. The molecule has 0 saturated carbocycles. The zero-order chi connectivity index (χ0) is 20.6. The molecule has 6 nitrogen and oxygen atoms in total. The van der Waals surface area contributed by atoms with E-state index in [4.69, 9.17) is 0 Å². The van der Waals surface area contributed by atoms with Crippen molar-refractivity contribution in [3.05, 3.63) is 71.3 Å². The Labute approximate surface area is 177 Å². The Kier molecular flexibility index (Phi) is 7.15. The number of thioether (sulfide) groups is 1. The Morgan fingerprint density at radius 2 is 1.86 bits per heavy atom. The molecule has 148 valence electrons. The lowest BCUT2D eigenvalue weighted by atomic mass is 10.1. The van der Waals surface area contributed by atoms with Crippen LogP contribution >= 0.6 is 23.1 Å². The zero-order valence-corrected chi connectivity index (χ0v) is 17.6. The maximum Gasteiger partial charge on any atom is 0.250 e. The van der Waals surface area contributed by atoms with Crippen molar-refractivity contribution in [1.29, 1.82) is 0 Å². The van der Waals surface area contributed by atoms with Crippen molar-refractivity contribution >= 4 is 51.8 Å². The molecular formula is C21H20N4O2S2. The minimum Gasteiger partial charge on any atom is -0.325 e. The molecule has 2 N–H and O–H groups in total. The fraction of sp³-hybridized carbons (Fsp3) is 0.143. The molecule has 0 atom stereocenters. The highest BCUT2D eigenvalue weighted by atomic mass is 32.2. The lowest BCUT2D eigenvalue weighted by Gasteiger charge is -2.08. The van der Waals surface area contributed by atoms with Crippen molar-refractivity contribution in [2.75, 3.05) is 16.4 Å². The molecule has 0 saturated heterocycles. The number of aryl methyl sites for hydroxylation is 2. The third-order valence-corrected chi connectivity index (χ3v) is 5.83. The minimum absolute atomic E-state index is 0.115. The standard InChI is InChI=1S/C21H20N4O2S2/c1-14-8-9-15(2)17(12-14)22-19(27)13-28-21-25-24-20(29-21)23-18(26)11-10-16-6-4-3-5-7-16/h3-12H,13H2,1-2H3,(H,22,27)(H,23,24,26). The summed E-state index contributed by atoms with van der Waals surface area (Å²) >= 11 is 2.51. The molecule has 0 unspecified atom stereocenters. The quantitative estimate of drug-likeness (QED) is 0.331. The second kappa shape index (κ2) is 9.99. The normalized spacial score (nSPS) is 10.8. The van der Waals surface area contributed by atoms with Gasteiger partial charge in [0.1, 0.15) is 0 Å². The summed E-state index contributed by atoms with van der Waals surface area (Å²) < 4.78 is 0.614. The minimum atomic E-state index is -0.283. The highest BCUT2D eigenvalue weighted by Gasteiger charge is 2.10.